The molecule has 0 aromatic heterocycles. The lowest BCUT2D eigenvalue weighted by molar-refractivity contribution is 0.174. The number of rotatable bonds is 8. The normalized spacial score (nSPS) is 14.2. The standard InChI is InChI=1S/C18H30N4O2.HI/c1-5-19-18(20-11-14(4)22(6-2)7-3)21-12-15-8-9-16-17(10-15)24-13-23-16;/h8-10,14H,5-7,11-13H2,1-4H3,(H2,19,20,21);1H. The monoisotopic (exact) mass is 462 g/mol. The Morgan fingerprint density at radius 3 is 2.56 bits per heavy atom. The van der Waals surface area contributed by atoms with E-state index >= 15 is 0 Å². The van der Waals surface area contributed by atoms with Crippen LogP contribution in [-0.4, -0.2) is 49.9 Å². The van der Waals surface area contributed by atoms with Crippen LogP contribution >= 0.6 is 24.0 Å². The Labute approximate surface area is 168 Å². The lowest BCUT2D eigenvalue weighted by Crippen LogP contribution is -2.45. The van der Waals surface area contributed by atoms with Gasteiger partial charge in [0, 0.05) is 19.1 Å². The van der Waals surface area contributed by atoms with Gasteiger partial charge in [0.25, 0.3) is 0 Å². The number of fused-ring (bicyclic) bond motifs is 1. The zero-order valence-electron chi connectivity index (χ0n) is 15.7. The Kier molecular flexibility index (Phi) is 9.96. The number of hydrogen-bond donors (Lipinski definition) is 2. The molecular weight excluding hydrogens is 431 g/mol. The van der Waals surface area contributed by atoms with E-state index in [4.69, 9.17) is 9.47 Å². The average Bonchev–Trinajstić information content (AvgIpc) is 3.06. The zero-order valence-corrected chi connectivity index (χ0v) is 18.0. The predicted molar refractivity (Wildman–Crippen MR) is 113 cm³/mol. The van der Waals surface area contributed by atoms with Crippen LogP contribution < -0.4 is 20.1 Å². The summed E-state index contributed by atoms with van der Waals surface area (Å²) >= 11 is 0. The first-order chi connectivity index (χ1) is 11.7. The van der Waals surface area contributed by atoms with Crippen LogP contribution in [-0.2, 0) is 6.54 Å². The quantitative estimate of drug-likeness (QED) is 0.354. The smallest absolute Gasteiger partial charge is 0.231 e. The van der Waals surface area contributed by atoms with Crippen molar-refractivity contribution in [1.29, 1.82) is 0 Å². The van der Waals surface area contributed by atoms with Crippen molar-refractivity contribution in [2.24, 2.45) is 4.99 Å². The van der Waals surface area contributed by atoms with Crippen molar-refractivity contribution in [3.05, 3.63) is 23.8 Å². The van der Waals surface area contributed by atoms with Gasteiger partial charge in [-0.05, 0) is 44.6 Å². The molecule has 1 aromatic rings. The molecule has 142 valence electrons. The molecular formula is C18H31IN4O2. The van der Waals surface area contributed by atoms with Crippen molar-refractivity contribution >= 4 is 29.9 Å². The van der Waals surface area contributed by atoms with Gasteiger partial charge in [-0.25, -0.2) is 4.99 Å². The van der Waals surface area contributed by atoms with E-state index in [-0.39, 0.29) is 24.0 Å². The summed E-state index contributed by atoms with van der Waals surface area (Å²) in [6.45, 7) is 13.4. The van der Waals surface area contributed by atoms with Gasteiger partial charge >= 0.3 is 0 Å². The maximum Gasteiger partial charge on any atom is 0.231 e. The number of ether oxygens (including phenoxy) is 2. The second-order valence-electron chi connectivity index (χ2n) is 5.83. The summed E-state index contributed by atoms with van der Waals surface area (Å²) in [6.07, 6.45) is 0. The number of benzene rings is 1. The number of halogens is 1. The SMILES string of the molecule is CCNC(=NCc1ccc2c(c1)OCO2)NCC(C)N(CC)CC.I. The van der Waals surface area contributed by atoms with E-state index in [0.29, 0.717) is 19.4 Å². The minimum Gasteiger partial charge on any atom is -0.454 e. The van der Waals surface area contributed by atoms with E-state index in [9.17, 15) is 0 Å². The summed E-state index contributed by atoms with van der Waals surface area (Å²) < 4.78 is 10.8. The van der Waals surface area contributed by atoms with Gasteiger partial charge in [-0.1, -0.05) is 19.9 Å². The van der Waals surface area contributed by atoms with Crippen molar-refractivity contribution in [3.63, 3.8) is 0 Å². The van der Waals surface area contributed by atoms with Gasteiger partial charge in [-0.2, -0.15) is 0 Å². The van der Waals surface area contributed by atoms with Crippen LogP contribution in [0.15, 0.2) is 23.2 Å². The zero-order chi connectivity index (χ0) is 17.4. The van der Waals surface area contributed by atoms with Crippen LogP contribution in [0.4, 0.5) is 0 Å². The Hall–Kier alpha value is -1.22. The molecule has 0 fully saturated rings. The molecule has 0 aliphatic carbocycles. The molecule has 0 spiro atoms. The second kappa shape index (κ2) is 11.4. The number of guanidine groups is 1. The second-order valence-corrected chi connectivity index (χ2v) is 5.83. The molecule has 0 saturated carbocycles. The summed E-state index contributed by atoms with van der Waals surface area (Å²) in [6, 6.07) is 6.43. The molecule has 7 heteroatoms. The first kappa shape index (κ1) is 21.8. The maximum absolute atomic E-state index is 5.42. The van der Waals surface area contributed by atoms with Crippen LogP contribution in [0.1, 0.15) is 33.3 Å². The molecule has 1 unspecified atom stereocenters. The number of nitrogens with one attached hydrogen (secondary N) is 2. The Morgan fingerprint density at radius 2 is 1.88 bits per heavy atom. The van der Waals surface area contributed by atoms with Gasteiger partial charge in [0.2, 0.25) is 6.79 Å². The van der Waals surface area contributed by atoms with Gasteiger partial charge in [-0.15, -0.1) is 24.0 Å². The van der Waals surface area contributed by atoms with Crippen LogP contribution in [0.2, 0.25) is 0 Å². The summed E-state index contributed by atoms with van der Waals surface area (Å²) in [5, 5.41) is 6.73. The highest BCUT2D eigenvalue weighted by Gasteiger charge is 2.13. The number of nitrogens with zero attached hydrogens (tertiary/aromatic N) is 2. The summed E-state index contributed by atoms with van der Waals surface area (Å²) in [4.78, 5) is 7.10. The van der Waals surface area contributed by atoms with Crippen LogP contribution in [0.25, 0.3) is 0 Å². The molecule has 25 heavy (non-hydrogen) atoms. The lowest BCUT2D eigenvalue weighted by Gasteiger charge is -2.27. The van der Waals surface area contributed by atoms with Crippen LogP contribution in [0, 0.1) is 0 Å². The van der Waals surface area contributed by atoms with E-state index in [1.807, 2.05) is 18.2 Å². The molecule has 2 N–H and O–H groups in total. The van der Waals surface area contributed by atoms with E-state index in [1.165, 1.54) is 0 Å². The summed E-state index contributed by atoms with van der Waals surface area (Å²) in [7, 11) is 0. The first-order valence-corrected chi connectivity index (χ1v) is 8.82. The van der Waals surface area contributed by atoms with Crippen molar-refractivity contribution in [2.75, 3.05) is 33.0 Å². The predicted octanol–water partition coefficient (Wildman–Crippen LogP) is 2.82. The molecule has 0 bridgehead atoms. The summed E-state index contributed by atoms with van der Waals surface area (Å²) in [5.74, 6) is 2.45. The number of likely N-dealkylation sites (N-methyl/N-ethyl adjacent to an activating group) is 1. The third-order valence-electron chi connectivity index (χ3n) is 4.20. The Balaban J connectivity index is 0.00000312. The fourth-order valence-electron chi connectivity index (χ4n) is 2.77. The van der Waals surface area contributed by atoms with Crippen LogP contribution in [0.3, 0.4) is 0 Å². The van der Waals surface area contributed by atoms with E-state index in [0.717, 1.165) is 49.2 Å². The topological polar surface area (TPSA) is 58.1 Å². The van der Waals surface area contributed by atoms with Gasteiger partial charge in [0.05, 0.1) is 6.54 Å². The van der Waals surface area contributed by atoms with Crippen molar-refractivity contribution in [3.8, 4) is 11.5 Å². The fourth-order valence-corrected chi connectivity index (χ4v) is 2.77. The molecule has 0 amide bonds. The van der Waals surface area contributed by atoms with Gasteiger partial charge in [-0.3, -0.25) is 4.90 Å². The third-order valence-corrected chi connectivity index (χ3v) is 4.20. The van der Waals surface area contributed by atoms with Crippen molar-refractivity contribution in [2.45, 2.75) is 40.3 Å². The molecule has 2 rings (SSSR count). The van der Waals surface area contributed by atoms with Gasteiger partial charge in [0.15, 0.2) is 17.5 Å². The third kappa shape index (κ3) is 6.54. The molecule has 0 radical (unpaired) electrons. The molecule has 0 saturated heterocycles. The molecule has 1 aliphatic rings. The Bertz CT molecular complexity index is 550. The van der Waals surface area contributed by atoms with E-state index < -0.39 is 0 Å². The van der Waals surface area contributed by atoms with Crippen LogP contribution in [0.5, 0.6) is 11.5 Å². The minimum atomic E-state index is 0. The van der Waals surface area contributed by atoms with Crippen molar-refractivity contribution < 1.29 is 9.47 Å². The van der Waals surface area contributed by atoms with Gasteiger partial charge in [0.1, 0.15) is 0 Å². The molecule has 1 atom stereocenters. The fraction of sp³-hybridized carbons (Fsp3) is 0.611. The average molecular weight is 462 g/mol. The highest BCUT2D eigenvalue weighted by molar-refractivity contribution is 14.0. The summed E-state index contributed by atoms with van der Waals surface area (Å²) in [5.41, 5.74) is 1.10. The van der Waals surface area contributed by atoms with Gasteiger partial charge < -0.3 is 20.1 Å². The number of hydrogen-bond acceptors (Lipinski definition) is 4. The Morgan fingerprint density at radius 1 is 1.16 bits per heavy atom. The lowest BCUT2D eigenvalue weighted by atomic mass is 10.2. The largest absolute Gasteiger partial charge is 0.454 e. The molecule has 1 aliphatic heterocycles. The van der Waals surface area contributed by atoms with E-state index in [2.05, 4.69) is 48.2 Å². The molecule has 6 nitrogen and oxygen atoms in total. The number of aliphatic imine (C=N–C) groups is 1. The van der Waals surface area contributed by atoms with E-state index in [1.54, 1.807) is 0 Å². The molecule has 1 aromatic carbocycles. The first-order valence-electron chi connectivity index (χ1n) is 8.82. The minimum absolute atomic E-state index is 0. The maximum atomic E-state index is 5.42. The highest BCUT2D eigenvalue weighted by Crippen LogP contribution is 2.32. The van der Waals surface area contributed by atoms with Crippen molar-refractivity contribution in [1.82, 2.24) is 15.5 Å². The molecule has 1 heterocycles. The highest BCUT2D eigenvalue weighted by atomic mass is 127.